The highest BCUT2D eigenvalue weighted by molar-refractivity contribution is 5.94. The van der Waals surface area contributed by atoms with Gasteiger partial charge in [-0.1, -0.05) is 13.8 Å². The third-order valence-electron chi connectivity index (χ3n) is 5.83. The van der Waals surface area contributed by atoms with E-state index in [1.807, 2.05) is 29.2 Å². The van der Waals surface area contributed by atoms with Crippen LogP contribution in [0.2, 0.25) is 0 Å². The van der Waals surface area contributed by atoms with Gasteiger partial charge in [0.2, 0.25) is 0 Å². The molecule has 0 aliphatic carbocycles. The normalized spacial score (nSPS) is 14.5. The largest absolute Gasteiger partial charge is 0.461 e. The monoisotopic (exact) mass is 421 g/mol. The minimum Gasteiger partial charge on any atom is -0.461 e. The van der Waals surface area contributed by atoms with Gasteiger partial charge in [0.1, 0.15) is 11.3 Å². The fourth-order valence-electron chi connectivity index (χ4n) is 4.03. The molecule has 1 fully saturated rings. The van der Waals surface area contributed by atoms with Gasteiger partial charge in [-0.05, 0) is 55.9 Å². The van der Waals surface area contributed by atoms with Crippen LogP contribution in [-0.2, 0) is 11.2 Å². The maximum atomic E-state index is 12.6. The second-order valence-corrected chi connectivity index (χ2v) is 7.99. The lowest BCUT2D eigenvalue weighted by Crippen LogP contribution is -2.40. The quantitative estimate of drug-likeness (QED) is 0.544. The number of benzene rings is 1. The first kappa shape index (κ1) is 21.5. The molecule has 3 heterocycles. The molecular weight excluding hydrogens is 390 g/mol. The Hall–Kier alpha value is -2.70. The lowest BCUT2D eigenvalue weighted by atomic mass is 10.1. The average molecular weight is 422 g/mol. The summed E-state index contributed by atoms with van der Waals surface area (Å²) in [4.78, 5) is 21.4. The number of fused-ring (bicyclic) bond motifs is 1. The Morgan fingerprint density at radius 3 is 2.65 bits per heavy atom. The van der Waals surface area contributed by atoms with E-state index in [1.54, 1.807) is 6.20 Å². The van der Waals surface area contributed by atoms with Crippen molar-refractivity contribution in [1.82, 2.24) is 14.8 Å². The fourth-order valence-corrected chi connectivity index (χ4v) is 4.03. The summed E-state index contributed by atoms with van der Waals surface area (Å²) in [6.07, 6.45) is 3.75. The number of hydrogen-bond acceptors (Lipinski definition) is 5. The van der Waals surface area contributed by atoms with Crippen molar-refractivity contribution in [3.63, 3.8) is 0 Å². The van der Waals surface area contributed by atoms with E-state index in [-0.39, 0.29) is 5.91 Å². The van der Waals surface area contributed by atoms with Crippen LogP contribution < -0.4 is 0 Å². The zero-order valence-electron chi connectivity index (χ0n) is 18.5. The van der Waals surface area contributed by atoms with E-state index in [2.05, 4.69) is 35.9 Å². The van der Waals surface area contributed by atoms with Gasteiger partial charge in [0.15, 0.2) is 0 Å². The maximum absolute atomic E-state index is 12.6. The molecule has 164 valence electrons. The summed E-state index contributed by atoms with van der Waals surface area (Å²) in [5.41, 5.74) is 3.39. The number of carbonyl (C=O) groups is 1. The second kappa shape index (κ2) is 10.1. The van der Waals surface area contributed by atoms with E-state index in [4.69, 9.17) is 9.15 Å². The van der Waals surface area contributed by atoms with Gasteiger partial charge in [-0.3, -0.25) is 9.78 Å². The SMILES string of the molecule is CCCN(CC)CCc1cc2cc(-c3ccc(C(=O)N4CCOCC4)cn3)ccc2o1. The van der Waals surface area contributed by atoms with Crippen molar-refractivity contribution in [2.24, 2.45) is 0 Å². The van der Waals surface area contributed by atoms with Gasteiger partial charge in [-0.2, -0.15) is 0 Å². The Bertz CT molecular complexity index is 1010. The van der Waals surface area contributed by atoms with E-state index in [0.717, 1.165) is 54.0 Å². The Morgan fingerprint density at radius 1 is 1.10 bits per heavy atom. The van der Waals surface area contributed by atoms with Crippen molar-refractivity contribution in [2.75, 3.05) is 45.9 Å². The van der Waals surface area contributed by atoms with Crippen molar-refractivity contribution >= 4 is 16.9 Å². The zero-order valence-corrected chi connectivity index (χ0v) is 18.5. The molecule has 0 saturated carbocycles. The number of ether oxygens (including phenoxy) is 1. The van der Waals surface area contributed by atoms with Crippen LogP contribution in [0, 0.1) is 0 Å². The van der Waals surface area contributed by atoms with E-state index in [0.29, 0.717) is 31.9 Å². The van der Waals surface area contributed by atoms with Gasteiger partial charge < -0.3 is 19.0 Å². The molecule has 6 heteroatoms. The van der Waals surface area contributed by atoms with Gasteiger partial charge in [0, 0.05) is 43.2 Å². The standard InChI is InChI=1S/C25H31N3O3/c1-3-10-27(4-2)11-9-22-17-21-16-19(6-8-24(21)31-22)23-7-5-20(18-26-23)25(29)28-12-14-30-15-13-28/h5-8,16-18H,3-4,9-15H2,1-2H3. The molecule has 3 aromatic rings. The van der Waals surface area contributed by atoms with E-state index < -0.39 is 0 Å². The van der Waals surface area contributed by atoms with Gasteiger partial charge in [-0.15, -0.1) is 0 Å². The second-order valence-electron chi connectivity index (χ2n) is 7.99. The smallest absolute Gasteiger partial charge is 0.255 e. The summed E-state index contributed by atoms with van der Waals surface area (Å²) in [6.45, 7) is 10.1. The molecule has 6 nitrogen and oxygen atoms in total. The summed E-state index contributed by atoms with van der Waals surface area (Å²) >= 11 is 0. The fraction of sp³-hybridized carbons (Fsp3) is 0.440. The van der Waals surface area contributed by atoms with Gasteiger partial charge in [-0.25, -0.2) is 0 Å². The number of carbonyl (C=O) groups excluding carboxylic acids is 1. The molecule has 0 bridgehead atoms. The topological polar surface area (TPSA) is 58.8 Å². The molecular formula is C25H31N3O3. The lowest BCUT2D eigenvalue weighted by molar-refractivity contribution is 0.0302. The molecule has 0 N–H and O–H groups in total. The third kappa shape index (κ3) is 5.14. The van der Waals surface area contributed by atoms with Crippen molar-refractivity contribution in [2.45, 2.75) is 26.7 Å². The van der Waals surface area contributed by atoms with E-state index in [1.165, 1.54) is 6.42 Å². The molecule has 4 rings (SSSR count). The molecule has 31 heavy (non-hydrogen) atoms. The molecule has 0 unspecified atom stereocenters. The lowest BCUT2D eigenvalue weighted by Gasteiger charge is -2.26. The molecule has 1 saturated heterocycles. The summed E-state index contributed by atoms with van der Waals surface area (Å²) in [7, 11) is 0. The number of nitrogens with zero attached hydrogens (tertiary/aromatic N) is 3. The number of pyridine rings is 1. The van der Waals surface area contributed by atoms with Crippen LogP contribution in [0.5, 0.6) is 0 Å². The van der Waals surface area contributed by atoms with Gasteiger partial charge in [0.05, 0.1) is 24.5 Å². The minimum atomic E-state index is 0.0153. The van der Waals surface area contributed by atoms with E-state index in [9.17, 15) is 4.79 Å². The van der Waals surface area contributed by atoms with Crippen LogP contribution >= 0.6 is 0 Å². The number of likely N-dealkylation sites (N-methyl/N-ethyl adjacent to an activating group) is 1. The van der Waals surface area contributed by atoms with Crippen LogP contribution in [-0.4, -0.2) is 66.6 Å². The van der Waals surface area contributed by atoms with Crippen LogP contribution in [0.15, 0.2) is 47.0 Å². The first-order chi connectivity index (χ1) is 15.2. The summed E-state index contributed by atoms with van der Waals surface area (Å²) in [5.74, 6) is 1.03. The highest BCUT2D eigenvalue weighted by atomic mass is 16.5. The van der Waals surface area contributed by atoms with E-state index >= 15 is 0 Å². The first-order valence-corrected chi connectivity index (χ1v) is 11.3. The third-order valence-corrected chi connectivity index (χ3v) is 5.83. The molecule has 0 spiro atoms. The van der Waals surface area contributed by atoms with Crippen molar-refractivity contribution in [1.29, 1.82) is 0 Å². The van der Waals surface area contributed by atoms with Gasteiger partial charge >= 0.3 is 0 Å². The summed E-state index contributed by atoms with van der Waals surface area (Å²) in [5, 5.41) is 1.08. The number of rotatable bonds is 8. The molecule has 1 amide bonds. The van der Waals surface area contributed by atoms with Crippen molar-refractivity contribution in [3.05, 3.63) is 53.9 Å². The Kier molecular flexibility index (Phi) is 6.99. The highest BCUT2D eigenvalue weighted by Gasteiger charge is 2.19. The Balaban J connectivity index is 1.46. The zero-order chi connectivity index (χ0) is 21.6. The highest BCUT2D eigenvalue weighted by Crippen LogP contribution is 2.26. The van der Waals surface area contributed by atoms with Crippen LogP contribution in [0.4, 0.5) is 0 Å². The van der Waals surface area contributed by atoms with Crippen molar-refractivity contribution in [3.8, 4) is 11.3 Å². The summed E-state index contributed by atoms with van der Waals surface area (Å²) in [6, 6.07) is 12.0. The Labute approximate surface area is 183 Å². The predicted molar refractivity (Wildman–Crippen MR) is 122 cm³/mol. The molecule has 1 aliphatic rings. The molecule has 2 aromatic heterocycles. The average Bonchev–Trinajstić information content (AvgIpc) is 3.24. The van der Waals surface area contributed by atoms with Crippen LogP contribution in [0.3, 0.4) is 0 Å². The number of amides is 1. The number of aromatic nitrogens is 1. The van der Waals surface area contributed by atoms with Crippen molar-refractivity contribution < 1.29 is 13.9 Å². The number of morpholine rings is 1. The molecule has 0 atom stereocenters. The predicted octanol–water partition coefficient (Wildman–Crippen LogP) is 4.24. The van der Waals surface area contributed by atoms with Crippen LogP contribution in [0.25, 0.3) is 22.2 Å². The number of furan rings is 1. The maximum Gasteiger partial charge on any atom is 0.255 e. The minimum absolute atomic E-state index is 0.0153. The Morgan fingerprint density at radius 2 is 1.94 bits per heavy atom. The molecule has 1 aromatic carbocycles. The van der Waals surface area contributed by atoms with Gasteiger partial charge in [0.25, 0.3) is 5.91 Å². The molecule has 1 aliphatic heterocycles. The first-order valence-electron chi connectivity index (χ1n) is 11.3. The van der Waals surface area contributed by atoms with Crippen LogP contribution in [0.1, 0.15) is 36.4 Å². The number of hydrogen-bond donors (Lipinski definition) is 0. The summed E-state index contributed by atoms with van der Waals surface area (Å²) < 4.78 is 11.4. The molecule has 0 radical (unpaired) electrons.